The lowest BCUT2D eigenvalue weighted by Gasteiger charge is -2.09. The van der Waals surface area contributed by atoms with Gasteiger partial charge in [-0.15, -0.1) is 0 Å². The summed E-state index contributed by atoms with van der Waals surface area (Å²) < 4.78 is 7.04. The highest BCUT2D eigenvalue weighted by atomic mass is 16.5. The lowest BCUT2D eigenvalue weighted by Crippen LogP contribution is -2.13. The molecule has 0 aliphatic rings. The minimum Gasteiger partial charge on any atom is -0.496 e. The quantitative estimate of drug-likeness (QED) is 0.793. The molecule has 5 nitrogen and oxygen atoms in total. The van der Waals surface area contributed by atoms with Crippen molar-refractivity contribution in [1.29, 1.82) is 0 Å². The Bertz CT molecular complexity index is 764. The SMILES string of the molecule is COc1ccccc1C(=O)Nc1cccn2ccnc12. The summed E-state index contributed by atoms with van der Waals surface area (Å²) in [6.45, 7) is 0. The number of nitrogens with one attached hydrogen (secondary N) is 1. The van der Waals surface area contributed by atoms with Crippen molar-refractivity contribution in [2.45, 2.75) is 0 Å². The van der Waals surface area contributed by atoms with Crippen LogP contribution in [0.15, 0.2) is 55.0 Å². The van der Waals surface area contributed by atoms with E-state index in [1.807, 2.05) is 35.0 Å². The van der Waals surface area contributed by atoms with Gasteiger partial charge in [0.1, 0.15) is 5.75 Å². The second-order valence-electron chi connectivity index (χ2n) is 4.23. The number of imidazole rings is 1. The van der Waals surface area contributed by atoms with Crippen LogP contribution < -0.4 is 10.1 Å². The molecule has 20 heavy (non-hydrogen) atoms. The number of carbonyl (C=O) groups excluding carboxylic acids is 1. The van der Waals surface area contributed by atoms with Crippen LogP contribution in [-0.2, 0) is 0 Å². The number of hydrogen-bond donors (Lipinski definition) is 1. The van der Waals surface area contributed by atoms with Gasteiger partial charge in [-0.2, -0.15) is 0 Å². The second-order valence-corrected chi connectivity index (χ2v) is 4.23. The number of rotatable bonds is 3. The van der Waals surface area contributed by atoms with Gasteiger partial charge in [0.2, 0.25) is 0 Å². The number of methoxy groups -OCH3 is 1. The number of pyridine rings is 1. The number of amides is 1. The van der Waals surface area contributed by atoms with Gasteiger partial charge in [-0.25, -0.2) is 4.98 Å². The molecule has 0 spiro atoms. The van der Waals surface area contributed by atoms with Crippen LogP contribution in [0, 0.1) is 0 Å². The standard InChI is InChI=1S/C15H13N3O2/c1-20-13-7-3-2-5-11(13)15(19)17-12-6-4-9-18-10-8-16-14(12)18/h2-10H,1H3,(H,17,19). The zero-order valence-electron chi connectivity index (χ0n) is 10.9. The van der Waals surface area contributed by atoms with E-state index in [-0.39, 0.29) is 5.91 Å². The molecule has 0 fully saturated rings. The number of fused-ring (bicyclic) bond motifs is 1. The average Bonchev–Trinajstić information content (AvgIpc) is 2.96. The molecule has 3 aromatic rings. The summed E-state index contributed by atoms with van der Waals surface area (Å²) in [6, 6.07) is 10.8. The van der Waals surface area contributed by atoms with Crippen LogP contribution in [0.2, 0.25) is 0 Å². The molecule has 0 saturated carbocycles. The van der Waals surface area contributed by atoms with E-state index in [1.165, 1.54) is 0 Å². The van der Waals surface area contributed by atoms with E-state index < -0.39 is 0 Å². The average molecular weight is 267 g/mol. The van der Waals surface area contributed by atoms with Crippen LogP contribution in [0.25, 0.3) is 5.65 Å². The van der Waals surface area contributed by atoms with E-state index in [2.05, 4.69) is 10.3 Å². The second kappa shape index (κ2) is 5.05. The Morgan fingerprint density at radius 3 is 2.90 bits per heavy atom. The van der Waals surface area contributed by atoms with Crippen LogP contribution in [-0.4, -0.2) is 22.4 Å². The molecule has 1 amide bonds. The molecule has 2 heterocycles. The fourth-order valence-corrected chi connectivity index (χ4v) is 2.07. The number of carbonyl (C=O) groups is 1. The van der Waals surface area contributed by atoms with Crippen LogP contribution in [0.3, 0.4) is 0 Å². The van der Waals surface area contributed by atoms with E-state index in [0.29, 0.717) is 22.6 Å². The predicted octanol–water partition coefficient (Wildman–Crippen LogP) is 2.60. The molecule has 0 bridgehead atoms. The molecule has 0 aliphatic heterocycles. The van der Waals surface area contributed by atoms with Crippen molar-refractivity contribution in [2.24, 2.45) is 0 Å². The third-order valence-electron chi connectivity index (χ3n) is 3.02. The van der Waals surface area contributed by atoms with Gasteiger partial charge in [-0.05, 0) is 24.3 Å². The molecular weight excluding hydrogens is 254 g/mol. The number of anilines is 1. The highest BCUT2D eigenvalue weighted by Crippen LogP contribution is 2.20. The highest BCUT2D eigenvalue weighted by molar-refractivity contribution is 6.07. The molecule has 5 heteroatoms. The smallest absolute Gasteiger partial charge is 0.259 e. The largest absolute Gasteiger partial charge is 0.496 e. The zero-order valence-corrected chi connectivity index (χ0v) is 10.9. The summed E-state index contributed by atoms with van der Waals surface area (Å²) in [4.78, 5) is 16.6. The molecule has 0 radical (unpaired) electrons. The number of benzene rings is 1. The minimum atomic E-state index is -0.224. The third kappa shape index (κ3) is 2.09. The molecule has 100 valence electrons. The van der Waals surface area contributed by atoms with Crippen molar-refractivity contribution in [1.82, 2.24) is 9.38 Å². The lowest BCUT2D eigenvalue weighted by atomic mass is 10.2. The van der Waals surface area contributed by atoms with Gasteiger partial charge in [0.15, 0.2) is 5.65 Å². The minimum absolute atomic E-state index is 0.224. The van der Waals surface area contributed by atoms with Gasteiger partial charge in [0.25, 0.3) is 5.91 Å². The summed E-state index contributed by atoms with van der Waals surface area (Å²) in [7, 11) is 1.54. The Balaban J connectivity index is 1.95. The molecule has 1 aromatic carbocycles. The Hall–Kier alpha value is -2.82. The van der Waals surface area contributed by atoms with Crippen molar-refractivity contribution in [3.63, 3.8) is 0 Å². The fraction of sp³-hybridized carbons (Fsp3) is 0.0667. The van der Waals surface area contributed by atoms with Crippen molar-refractivity contribution in [3.8, 4) is 5.75 Å². The lowest BCUT2D eigenvalue weighted by molar-refractivity contribution is 0.102. The van der Waals surface area contributed by atoms with E-state index >= 15 is 0 Å². The van der Waals surface area contributed by atoms with E-state index in [1.54, 1.807) is 31.5 Å². The summed E-state index contributed by atoms with van der Waals surface area (Å²) in [5.41, 5.74) is 1.85. The van der Waals surface area contributed by atoms with Crippen LogP contribution in [0.4, 0.5) is 5.69 Å². The monoisotopic (exact) mass is 267 g/mol. The van der Waals surface area contributed by atoms with E-state index in [4.69, 9.17) is 4.74 Å². The maximum absolute atomic E-state index is 12.3. The van der Waals surface area contributed by atoms with E-state index in [9.17, 15) is 4.79 Å². The van der Waals surface area contributed by atoms with E-state index in [0.717, 1.165) is 0 Å². The predicted molar refractivity (Wildman–Crippen MR) is 76.1 cm³/mol. The number of para-hydroxylation sites is 1. The van der Waals surface area contributed by atoms with Crippen LogP contribution >= 0.6 is 0 Å². The Kier molecular flexibility index (Phi) is 3.09. The zero-order chi connectivity index (χ0) is 13.9. The summed E-state index contributed by atoms with van der Waals surface area (Å²) >= 11 is 0. The number of nitrogens with zero attached hydrogens (tertiary/aromatic N) is 2. The number of aromatic nitrogens is 2. The Labute approximate surface area is 115 Å². The molecule has 0 atom stereocenters. The molecule has 0 saturated heterocycles. The normalized spacial score (nSPS) is 10.4. The summed E-state index contributed by atoms with van der Waals surface area (Å²) in [5, 5.41) is 2.86. The first-order valence-corrected chi connectivity index (χ1v) is 6.15. The van der Waals surface area contributed by atoms with Crippen molar-refractivity contribution in [3.05, 3.63) is 60.6 Å². The number of ether oxygens (including phenoxy) is 1. The topological polar surface area (TPSA) is 55.6 Å². The molecular formula is C15H13N3O2. The fourth-order valence-electron chi connectivity index (χ4n) is 2.07. The van der Waals surface area contributed by atoms with Gasteiger partial charge in [0, 0.05) is 18.6 Å². The third-order valence-corrected chi connectivity index (χ3v) is 3.02. The van der Waals surface area contributed by atoms with Crippen molar-refractivity contribution in [2.75, 3.05) is 12.4 Å². The first kappa shape index (κ1) is 12.2. The maximum atomic E-state index is 12.3. The molecule has 2 aromatic heterocycles. The maximum Gasteiger partial charge on any atom is 0.259 e. The van der Waals surface area contributed by atoms with Gasteiger partial charge < -0.3 is 14.5 Å². The Morgan fingerprint density at radius 1 is 1.20 bits per heavy atom. The molecule has 0 unspecified atom stereocenters. The van der Waals surface area contributed by atoms with Gasteiger partial charge in [-0.1, -0.05) is 12.1 Å². The Morgan fingerprint density at radius 2 is 2.05 bits per heavy atom. The summed E-state index contributed by atoms with van der Waals surface area (Å²) in [6.07, 6.45) is 5.39. The molecule has 1 N–H and O–H groups in total. The van der Waals surface area contributed by atoms with Crippen molar-refractivity contribution >= 4 is 17.2 Å². The molecule has 3 rings (SSSR count). The van der Waals surface area contributed by atoms with Crippen molar-refractivity contribution < 1.29 is 9.53 Å². The van der Waals surface area contributed by atoms with Gasteiger partial charge in [-0.3, -0.25) is 4.79 Å². The van der Waals surface area contributed by atoms with Crippen LogP contribution in [0.1, 0.15) is 10.4 Å². The van der Waals surface area contributed by atoms with Gasteiger partial charge >= 0.3 is 0 Å². The molecule has 0 aliphatic carbocycles. The van der Waals surface area contributed by atoms with Gasteiger partial charge in [0.05, 0.1) is 18.4 Å². The first-order valence-electron chi connectivity index (χ1n) is 6.15. The van der Waals surface area contributed by atoms with Crippen LogP contribution in [0.5, 0.6) is 5.75 Å². The number of hydrogen-bond acceptors (Lipinski definition) is 3. The first-order chi connectivity index (χ1) is 9.79. The summed E-state index contributed by atoms with van der Waals surface area (Å²) in [5.74, 6) is 0.318. The highest BCUT2D eigenvalue weighted by Gasteiger charge is 2.13.